The summed E-state index contributed by atoms with van der Waals surface area (Å²) < 4.78 is 11.1. The number of esters is 1. The standard InChI is InChI=1S/C20H19N3O5S/c1-12-8-10-14(11-9-12)23-18(20(26)28-22-23)29-13(2)17(24)21-16-7-5-4-6-15(16)19(25)27-3/h4-11,13H,1-3H3,(H-,21,22,24,25,26)/p+1. The van der Waals surface area contributed by atoms with Gasteiger partial charge in [0.1, 0.15) is 0 Å². The summed E-state index contributed by atoms with van der Waals surface area (Å²) in [6, 6.07) is 14.0. The molecule has 0 radical (unpaired) electrons. The maximum absolute atomic E-state index is 12.7. The van der Waals surface area contributed by atoms with Gasteiger partial charge in [-0.1, -0.05) is 29.8 Å². The molecule has 150 valence electrons. The third-order valence-corrected chi connectivity index (χ3v) is 5.29. The summed E-state index contributed by atoms with van der Waals surface area (Å²) >= 11 is 1.05. The smallest absolute Gasteiger partial charge is 0.442 e. The van der Waals surface area contributed by atoms with Crippen LogP contribution in [0.5, 0.6) is 0 Å². The van der Waals surface area contributed by atoms with Crippen molar-refractivity contribution in [3.8, 4) is 5.69 Å². The van der Waals surface area contributed by atoms with Crippen molar-refractivity contribution in [1.29, 1.82) is 0 Å². The van der Waals surface area contributed by atoms with E-state index in [-0.39, 0.29) is 16.5 Å². The number of hydrogen-bond donors (Lipinski definition) is 2. The molecule has 0 spiro atoms. The van der Waals surface area contributed by atoms with Crippen LogP contribution in [0.3, 0.4) is 0 Å². The van der Waals surface area contributed by atoms with E-state index in [1.165, 1.54) is 11.8 Å². The third-order valence-electron chi connectivity index (χ3n) is 4.15. The summed E-state index contributed by atoms with van der Waals surface area (Å²) in [6.07, 6.45) is 0. The fourth-order valence-electron chi connectivity index (χ4n) is 2.56. The SMILES string of the molecule is COC(=O)c1ccccc1NC(=O)C(C)Sc1c(=O)o[nH][n+]1-c1ccc(C)cc1. The number of thioether (sulfide) groups is 1. The number of rotatable bonds is 6. The van der Waals surface area contributed by atoms with E-state index in [9.17, 15) is 14.4 Å². The molecule has 3 rings (SSSR count). The first-order chi connectivity index (χ1) is 13.9. The number of amides is 1. The molecule has 3 aromatic rings. The summed E-state index contributed by atoms with van der Waals surface area (Å²) in [5.74, 6) is -0.924. The Morgan fingerprint density at radius 1 is 1.17 bits per heavy atom. The summed E-state index contributed by atoms with van der Waals surface area (Å²) in [5.41, 5.74) is 1.78. The van der Waals surface area contributed by atoms with Crippen LogP contribution in [0.4, 0.5) is 5.69 Å². The molecule has 1 heterocycles. The minimum atomic E-state index is -0.642. The molecule has 0 aliphatic carbocycles. The summed E-state index contributed by atoms with van der Waals surface area (Å²) in [5, 5.41) is 4.85. The molecular formula is C20H20N3O5S+. The zero-order valence-electron chi connectivity index (χ0n) is 16.1. The Morgan fingerprint density at radius 2 is 1.86 bits per heavy atom. The van der Waals surface area contributed by atoms with E-state index < -0.39 is 16.8 Å². The molecule has 1 atom stereocenters. The predicted octanol–water partition coefficient (Wildman–Crippen LogP) is 2.46. The van der Waals surface area contributed by atoms with Crippen LogP contribution in [-0.2, 0) is 9.53 Å². The first-order valence-corrected chi connectivity index (χ1v) is 9.64. The van der Waals surface area contributed by atoms with E-state index >= 15 is 0 Å². The van der Waals surface area contributed by atoms with Crippen LogP contribution in [0.15, 0.2) is 62.9 Å². The molecule has 0 bridgehead atoms. The molecule has 8 nitrogen and oxygen atoms in total. The van der Waals surface area contributed by atoms with Crippen molar-refractivity contribution >= 4 is 29.3 Å². The van der Waals surface area contributed by atoms with Gasteiger partial charge in [0.2, 0.25) is 11.6 Å². The lowest BCUT2D eigenvalue weighted by Crippen LogP contribution is -2.37. The van der Waals surface area contributed by atoms with Crippen molar-refractivity contribution in [2.45, 2.75) is 24.1 Å². The lowest BCUT2D eigenvalue weighted by atomic mass is 10.2. The van der Waals surface area contributed by atoms with E-state index in [2.05, 4.69) is 10.6 Å². The van der Waals surface area contributed by atoms with Gasteiger partial charge in [-0.15, -0.1) is 0 Å². The Labute approximate surface area is 170 Å². The summed E-state index contributed by atoms with van der Waals surface area (Å²) in [7, 11) is 1.27. The maximum Gasteiger partial charge on any atom is 0.442 e. The Bertz CT molecular complexity index is 1090. The molecule has 1 amide bonds. The first kappa shape index (κ1) is 20.4. The first-order valence-electron chi connectivity index (χ1n) is 8.76. The number of carbonyl (C=O) groups is 2. The second-order valence-electron chi connectivity index (χ2n) is 6.24. The average molecular weight is 414 g/mol. The summed E-state index contributed by atoms with van der Waals surface area (Å²) in [4.78, 5) is 36.7. The van der Waals surface area contributed by atoms with Gasteiger partial charge in [0.15, 0.2) is 0 Å². The second-order valence-corrected chi connectivity index (χ2v) is 7.57. The van der Waals surface area contributed by atoms with E-state index in [1.54, 1.807) is 31.2 Å². The van der Waals surface area contributed by atoms with Crippen molar-refractivity contribution in [2.24, 2.45) is 0 Å². The molecule has 29 heavy (non-hydrogen) atoms. The number of ether oxygens (including phenoxy) is 1. The minimum absolute atomic E-state index is 0.234. The predicted molar refractivity (Wildman–Crippen MR) is 107 cm³/mol. The molecular weight excluding hydrogens is 394 g/mol. The minimum Gasteiger partial charge on any atom is -0.465 e. The quantitative estimate of drug-likeness (QED) is 0.365. The van der Waals surface area contributed by atoms with Crippen LogP contribution in [0.25, 0.3) is 5.69 Å². The van der Waals surface area contributed by atoms with Crippen LogP contribution in [-0.4, -0.2) is 29.5 Å². The van der Waals surface area contributed by atoms with Crippen molar-refractivity contribution in [2.75, 3.05) is 12.4 Å². The number of anilines is 1. The second kappa shape index (κ2) is 8.78. The number of carbonyl (C=O) groups excluding carboxylic acids is 2. The highest BCUT2D eigenvalue weighted by Gasteiger charge is 2.29. The normalized spacial score (nSPS) is 11.7. The zero-order chi connectivity index (χ0) is 21.0. The van der Waals surface area contributed by atoms with Crippen LogP contribution < -0.4 is 15.6 Å². The highest BCUT2D eigenvalue weighted by atomic mass is 32.2. The van der Waals surface area contributed by atoms with Crippen LogP contribution in [0.1, 0.15) is 22.8 Å². The highest BCUT2D eigenvalue weighted by Crippen LogP contribution is 2.22. The molecule has 2 aromatic carbocycles. The fraction of sp³-hybridized carbons (Fsp3) is 0.200. The molecule has 0 fully saturated rings. The monoisotopic (exact) mass is 414 g/mol. The van der Waals surface area contributed by atoms with E-state index in [0.717, 1.165) is 17.3 Å². The van der Waals surface area contributed by atoms with Gasteiger partial charge >= 0.3 is 16.6 Å². The van der Waals surface area contributed by atoms with Crippen LogP contribution in [0.2, 0.25) is 0 Å². The molecule has 0 aliphatic rings. The largest absolute Gasteiger partial charge is 0.465 e. The van der Waals surface area contributed by atoms with Gasteiger partial charge in [-0.2, -0.15) is 0 Å². The van der Waals surface area contributed by atoms with Gasteiger partial charge < -0.3 is 10.1 Å². The molecule has 0 saturated heterocycles. The Kier molecular flexibility index (Phi) is 6.18. The Balaban J connectivity index is 1.80. The van der Waals surface area contributed by atoms with Crippen molar-refractivity contribution < 1.29 is 23.5 Å². The Morgan fingerprint density at radius 3 is 2.55 bits per heavy atom. The summed E-state index contributed by atoms with van der Waals surface area (Å²) in [6.45, 7) is 3.62. The average Bonchev–Trinajstić information content (AvgIpc) is 3.08. The number of benzene rings is 2. The number of aromatic amines is 1. The van der Waals surface area contributed by atoms with Crippen molar-refractivity contribution in [3.05, 3.63) is 70.1 Å². The third kappa shape index (κ3) is 4.57. The molecule has 1 unspecified atom stereocenters. The maximum atomic E-state index is 12.7. The number of para-hydroxylation sites is 1. The number of hydrogen-bond acceptors (Lipinski definition) is 6. The lowest BCUT2D eigenvalue weighted by Gasteiger charge is -2.12. The topological polar surface area (TPSA) is 105 Å². The number of methoxy groups -OCH3 is 1. The zero-order valence-corrected chi connectivity index (χ0v) is 16.9. The number of H-pyrrole nitrogens is 1. The molecule has 0 saturated carbocycles. The van der Waals surface area contributed by atoms with Gasteiger partial charge in [-0.25, -0.2) is 9.59 Å². The van der Waals surface area contributed by atoms with Gasteiger partial charge in [0, 0.05) is 12.1 Å². The van der Waals surface area contributed by atoms with Gasteiger partial charge in [-0.3, -0.25) is 9.32 Å². The van der Waals surface area contributed by atoms with Gasteiger partial charge in [0.05, 0.1) is 23.6 Å². The molecule has 0 aliphatic heterocycles. The number of aromatic nitrogens is 2. The lowest BCUT2D eigenvalue weighted by molar-refractivity contribution is -0.704. The fourth-order valence-corrected chi connectivity index (χ4v) is 3.45. The number of nitrogens with zero attached hydrogens (tertiary/aromatic N) is 1. The van der Waals surface area contributed by atoms with Gasteiger partial charge in [0.25, 0.3) is 0 Å². The van der Waals surface area contributed by atoms with Crippen molar-refractivity contribution in [3.63, 3.8) is 0 Å². The Hall–Kier alpha value is -3.33. The van der Waals surface area contributed by atoms with E-state index in [1.807, 2.05) is 31.2 Å². The van der Waals surface area contributed by atoms with E-state index in [0.29, 0.717) is 11.4 Å². The van der Waals surface area contributed by atoms with Gasteiger partial charge in [-0.05, 0) is 47.7 Å². The van der Waals surface area contributed by atoms with Crippen molar-refractivity contribution in [1.82, 2.24) is 5.27 Å². The van der Waals surface area contributed by atoms with E-state index in [4.69, 9.17) is 9.26 Å². The molecule has 1 aromatic heterocycles. The molecule has 2 N–H and O–H groups in total. The number of nitrogens with one attached hydrogen (secondary N) is 2. The molecule has 9 heteroatoms. The highest BCUT2D eigenvalue weighted by molar-refractivity contribution is 8.00. The van der Waals surface area contributed by atoms with Crippen LogP contribution >= 0.6 is 11.8 Å². The van der Waals surface area contributed by atoms with Crippen LogP contribution in [0, 0.1) is 6.92 Å². The number of aryl methyl sites for hydroxylation is 1.